The molecule has 4 nitrogen and oxygen atoms in total. The van der Waals surface area contributed by atoms with Gasteiger partial charge in [-0.3, -0.25) is 9.69 Å². The molecular formula is C9H15N3O. The largest absolute Gasteiger partial charge is 0.370 e. The van der Waals surface area contributed by atoms with Gasteiger partial charge in [0.05, 0.1) is 12.1 Å². The number of hydrogen-bond donors (Lipinski definition) is 1. The normalized spacial score (nSPS) is 23.8. The first-order valence-corrected chi connectivity index (χ1v) is 4.66. The number of nitriles is 1. The number of carbonyl (C=O) groups excluding carboxylic acids is 1. The van der Waals surface area contributed by atoms with E-state index in [2.05, 4.69) is 6.07 Å². The van der Waals surface area contributed by atoms with Crippen LogP contribution in [0.5, 0.6) is 0 Å². The summed E-state index contributed by atoms with van der Waals surface area (Å²) in [4.78, 5) is 12.6. The molecule has 1 amide bonds. The molecule has 13 heavy (non-hydrogen) atoms. The van der Waals surface area contributed by atoms with Gasteiger partial charge in [0, 0.05) is 13.0 Å². The number of amides is 1. The third kappa shape index (κ3) is 3.03. The highest BCUT2D eigenvalue weighted by Gasteiger charge is 2.21. The molecule has 1 aliphatic rings. The molecule has 4 heteroatoms. The van der Waals surface area contributed by atoms with Gasteiger partial charge in [0.2, 0.25) is 5.91 Å². The van der Waals surface area contributed by atoms with Crippen LogP contribution in [0, 0.1) is 11.3 Å². The van der Waals surface area contributed by atoms with Crippen molar-refractivity contribution < 1.29 is 4.79 Å². The van der Waals surface area contributed by atoms with Crippen molar-refractivity contribution in [2.24, 2.45) is 5.73 Å². The predicted molar refractivity (Wildman–Crippen MR) is 48.6 cm³/mol. The minimum atomic E-state index is -0.290. The maximum atomic E-state index is 10.5. The fourth-order valence-electron chi connectivity index (χ4n) is 1.66. The summed E-state index contributed by atoms with van der Waals surface area (Å²) in [6, 6.07) is 2.25. The van der Waals surface area contributed by atoms with Gasteiger partial charge < -0.3 is 5.73 Å². The first-order chi connectivity index (χ1) is 6.24. The van der Waals surface area contributed by atoms with Crippen LogP contribution in [-0.2, 0) is 4.79 Å². The van der Waals surface area contributed by atoms with Crippen LogP contribution in [0.3, 0.4) is 0 Å². The zero-order valence-electron chi connectivity index (χ0n) is 7.70. The lowest BCUT2D eigenvalue weighted by Crippen LogP contribution is -2.40. The number of nitrogens with two attached hydrogens (primary N) is 1. The van der Waals surface area contributed by atoms with E-state index in [-0.39, 0.29) is 11.9 Å². The van der Waals surface area contributed by atoms with Crippen molar-refractivity contribution in [2.45, 2.75) is 31.7 Å². The molecule has 0 spiro atoms. The minimum absolute atomic E-state index is 0.00639. The van der Waals surface area contributed by atoms with Crippen LogP contribution in [0.2, 0.25) is 0 Å². The molecule has 1 heterocycles. The zero-order chi connectivity index (χ0) is 9.68. The monoisotopic (exact) mass is 181 g/mol. The van der Waals surface area contributed by atoms with Crippen LogP contribution in [0.1, 0.15) is 25.7 Å². The van der Waals surface area contributed by atoms with Gasteiger partial charge in [-0.15, -0.1) is 0 Å². The number of carbonyl (C=O) groups is 1. The van der Waals surface area contributed by atoms with E-state index in [1.54, 1.807) is 0 Å². The van der Waals surface area contributed by atoms with Crippen molar-refractivity contribution in [3.05, 3.63) is 0 Å². The lowest BCUT2D eigenvalue weighted by Gasteiger charge is -2.30. The van der Waals surface area contributed by atoms with E-state index in [0.29, 0.717) is 13.0 Å². The van der Waals surface area contributed by atoms with Crippen LogP contribution in [0.15, 0.2) is 0 Å². The molecule has 1 unspecified atom stereocenters. The average molecular weight is 181 g/mol. The SMILES string of the molecule is N#CC1CCCCN1CCC(N)=O. The van der Waals surface area contributed by atoms with Crippen molar-refractivity contribution in [1.82, 2.24) is 4.90 Å². The molecule has 0 saturated carbocycles. The molecule has 72 valence electrons. The molecule has 2 N–H and O–H groups in total. The second kappa shape index (κ2) is 4.83. The molecule has 0 bridgehead atoms. The van der Waals surface area contributed by atoms with Crippen molar-refractivity contribution in [2.75, 3.05) is 13.1 Å². The summed E-state index contributed by atoms with van der Waals surface area (Å²) >= 11 is 0. The lowest BCUT2D eigenvalue weighted by atomic mass is 10.0. The third-order valence-electron chi connectivity index (χ3n) is 2.41. The maximum absolute atomic E-state index is 10.5. The van der Waals surface area contributed by atoms with Gasteiger partial charge in [-0.2, -0.15) is 5.26 Å². The number of hydrogen-bond acceptors (Lipinski definition) is 3. The fourth-order valence-corrected chi connectivity index (χ4v) is 1.66. The van der Waals surface area contributed by atoms with Crippen molar-refractivity contribution in [1.29, 1.82) is 5.26 Å². The second-order valence-corrected chi connectivity index (χ2v) is 3.39. The van der Waals surface area contributed by atoms with Gasteiger partial charge >= 0.3 is 0 Å². The van der Waals surface area contributed by atoms with Crippen LogP contribution < -0.4 is 5.73 Å². The Kier molecular flexibility index (Phi) is 3.71. The number of piperidine rings is 1. The van der Waals surface area contributed by atoms with E-state index in [1.165, 1.54) is 0 Å². The van der Waals surface area contributed by atoms with Crippen molar-refractivity contribution in [3.63, 3.8) is 0 Å². The third-order valence-corrected chi connectivity index (χ3v) is 2.41. The van der Waals surface area contributed by atoms with Gasteiger partial charge in [0.15, 0.2) is 0 Å². The number of likely N-dealkylation sites (tertiary alicyclic amines) is 1. The molecular weight excluding hydrogens is 166 g/mol. The molecule has 0 aromatic carbocycles. The topological polar surface area (TPSA) is 70.1 Å². The predicted octanol–water partition coefficient (Wildman–Crippen LogP) is 0.240. The first kappa shape index (κ1) is 10.0. The minimum Gasteiger partial charge on any atom is -0.370 e. The van der Waals surface area contributed by atoms with E-state index >= 15 is 0 Å². The van der Waals surface area contributed by atoms with E-state index in [0.717, 1.165) is 25.8 Å². The Morgan fingerprint density at radius 1 is 1.62 bits per heavy atom. The molecule has 1 saturated heterocycles. The quantitative estimate of drug-likeness (QED) is 0.678. The highest BCUT2D eigenvalue weighted by Crippen LogP contribution is 2.15. The number of nitrogens with zero attached hydrogens (tertiary/aromatic N) is 2. The smallest absolute Gasteiger partial charge is 0.218 e. The zero-order valence-corrected chi connectivity index (χ0v) is 7.70. The van der Waals surface area contributed by atoms with Gasteiger partial charge in [-0.1, -0.05) is 0 Å². The van der Waals surface area contributed by atoms with E-state index < -0.39 is 0 Å². The molecule has 1 atom stereocenters. The summed E-state index contributed by atoms with van der Waals surface area (Å²) in [5, 5.41) is 8.82. The van der Waals surface area contributed by atoms with Crippen molar-refractivity contribution in [3.8, 4) is 6.07 Å². The molecule has 1 aliphatic heterocycles. The van der Waals surface area contributed by atoms with E-state index in [4.69, 9.17) is 11.0 Å². The summed E-state index contributed by atoms with van der Waals surface area (Å²) in [6.45, 7) is 1.55. The summed E-state index contributed by atoms with van der Waals surface area (Å²) in [7, 11) is 0. The van der Waals surface area contributed by atoms with E-state index in [9.17, 15) is 4.79 Å². The van der Waals surface area contributed by atoms with E-state index in [1.807, 2.05) is 4.90 Å². The molecule has 1 fully saturated rings. The molecule has 0 aliphatic carbocycles. The van der Waals surface area contributed by atoms with Gasteiger partial charge in [0.25, 0.3) is 0 Å². The highest BCUT2D eigenvalue weighted by molar-refractivity contribution is 5.73. The number of primary amides is 1. The molecule has 0 aromatic rings. The Morgan fingerprint density at radius 3 is 3.00 bits per heavy atom. The van der Waals surface area contributed by atoms with Crippen LogP contribution >= 0.6 is 0 Å². The summed E-state index contributed by atoms with van der Waals surface area (Å²) in [5.74, 6) is -0.290. The summed E-state index contributed by atoms with van der Waals surface area (Å²) < 4.78 is 0. The van der Waals surface area contributed by atoms with Crippen LogP contribution in [-0.4, -0.2) is 29.9 Å². The standard InChI is InChI=1S/C9H15N3O/c10-7-8-3-1-2-5-12(8)6-4-9(11)13/h8H,1-6H2,(H2,11,13). The average Bonchev–Trinajstić information content (AvgIpc) is 2.15. The summed E-state index contributed by atoms with van der Waals surface area (Å²) in [5.41, 5.74) is 5.05. The Morgan fingerprint density at radius 2 is 2.38 bits per heavy atom. The molecule has 1 rings (SSSR count). The Bertz CT molecular complexity index is 221. The van der Waals surface area contributed by atoms with Crippen LogP contribution in [0.25, 0.3) is 0 Å². The highest BCUT2D eigenvalue weighted by atomic mass is 16.1. The van der Waals surface area contributed by atoms with Gasteiger partial charge in [-0.05, 0) is 25.8 Å². The van der Waals surface area contributed by atoms with Gasteiger partial charge in [0.1, 0.15) is 0 Å². The van der Waals surface area contributed by atoms with Crippen molar-refractivity contribution >= 4 is 5.91 Å². The first-order valence-electron chi connectivity index (χ1n) is 4.66. The Balaban J connectivity index is 2.37. The van der Waals surface area contributed by atoms with Gasteiger partial charge in [-0.25, -0.2) is 0 Å². The maximum Gasteiger partial charge on any atom is 0.218 e. The second-order valence-electron chi connectivity index (χ2n) is 3.39. The van der Waals surface area contributed by atoms with Crippen LogP contribution in [0.4, 0.5) is 0 Å². The molecule has 0 radical (unpaired) electrons. The summed E-state index contributed by atoms with van der Waals surface area (Å²) in [6.07, 6.45) is 3.52. The lowest BCUT2D eigenvalue weighted by molar-refractivity contribution is -0.118. The Labute approximate surface area is 78.3 Å². The number of rotatable bonds is 3. The molecule has 0 aromatic heterocycles. The Hall–Kier alpha value is -1.08. The fraction of sp³-hybridized carbons (Fsp3) is 0.778.